The molecular formula is C19H19FN3O3S2. The zero-order valence-corrected chi connectivity index (χ0v) is 16.7. The number of amides is 1. The van der Waals surface area contributed by atoms with Crippen molar-refractivity contribution in [3.63, 3.8) is 0 Å². The quantitative estimate of drug-likeness (QED) is 0.746. The van der Waals surface area contributed by atoms with Gasteiger partial charge in [-0.2, -0.15) is 11.8 Å². The number of nitrogens with zero attached hydrogens (tertiary/aromatic N) is 2. The van der Waals surface area contributed by atoms with E-state index in [9.17, 15) is 9.18 Å². The van der Waals surface area contributed by atoms with Crippen LogP contribution in [0.25, 0.3) is 0 Å². The zero-order valence-electron chi connectivity index (χ0n) is 15.0. The average Bonchev–Trinajstić information content (AvgIpc) is 3.37. The van der Waals surface area contributed by atoms with E-state index >= 15 is 0 Å². The largest absolute Gasteiger partial charge is 0.461 e. The van der Waals surface area contributed by atoms with Crippen molar-refractivity contribution < 1.29 is 18.3 Å². The minimum absolute atomic E-state index is 0.315. The monoisotopic (exact) mass is 420 g/mol. The molecule has 0 saturated carbocycles. The molecule has 2 aliphatic rings. The molecule has 2 fully saturated rings. The summed E-state index contributed by atoms with van der Waals surface area (Å²) in [6.45, 7) is 2.30. The first-order valence-electron chi connectivity index (χ1n) is 8.95. The predicted octanol–water partition coefficient (Wildman–Crippen LogP) is 3.06. The molecule has 0 unspecified atom stereocenters. The van der Waals surface area contributed by atoms with E-state index in [1.54, 1.807) is 18.2 Å². The molecule has 1 atom stereocenters. The number of furan rings is 1. The van der Waals surface area contributed by atoms with Crippen LogP contribution in [0.2, 0.25) is 0 Å². The molecule has 6 nitrogen and oxygen atoms in total. The minimum Gasteiger partial charge on any atom is -0.461 e. The van der Waals surface area contributed by atoms with Crippen molar-refractivity contribution in [2.24, 2.45) is 0 Å². The summed E-state index contributed by atoms with van der Waals surface area (Å²) in [6.07, 6.45) is 0.591. The Balaban J connectivity index is 1.38. The van der Waals surface area contributed by atoms with Gasteiger partial charge in [0.1, 0.15) is 16.9 Å². The van der Waals surface area contributed by atoms with Gasteiger partial charge in [-0.15, -0.1) is 0 Å². The molecule has 2 saturated heterocycles. The molecule has 0 spiro atoms. The molecule has 9 heteroatoms. The fourth-order valence-corrected chi connectivity index (χ4v) is 4.31. The standard InChI is InChI=1S/C19H19FN3O3S2/c20-15-10-13(3-4-16(15)22-5-8-28-9-6-22)23-12-14(26-19(23)24)11-21-18(27)17-2-1-7-25-17/h1,3-4,7,10,14H,5-6,8-9,11-12H2,(H,21,27)/t14-/m0/s1. The summed E-state index contributed by atoms with van der Waals surface area (Å²) in [5, 5.41) is 3.00. The van der Waals surface area contributed by atoms with Gasteiger partial charge in [0.15, 0.2) is 5.76 Å². The summed E-state index contributed by atoms with van der Waals surface area (Å²) in [7, 11) is 0. The van der Waals surface area contributed by atoms with E-state index in [0.29, 0.717) is 35.2 Å². The number of benzene rings is 1. The molecule has 1 radical (unpaired) electrons. The number of ether oxygens (including phenoxy) is 1. The Morgan fingerprint density at radius 2 is 2.21 bits per heavy atom. The van der Waals surface area contributed by atoms with Gasteiger partial charge in [-0.05, 0) is 24.3 Å². The molecule has 1 N–H and O–H groups in total. The lowest BCUT2D eigenvalue weighted by atomic mass is 10.2. The Morgan fingerprint density at radius 3 is 2.93 bits per heavy atom. The van der Waals surface area contributed by atoms with Crippen LogP contribution in [0, 0.1) is 11.9 Å². The van der Waals surface area contributed by atoms with Crippen molar-refractivity contribution in [1.29, 1.82) is 0 Å². The number of hydrogen-bond acceptors (Lipinski definition) is 6. The van der Waals surface area contributed by atoms with Crippen LogP contribution in [-0.2, 0) is 4.74 Å². The molecule has 28 heavy (non-hydrogen) atoms. The molecule has 0 aliphatic carbocycles. The highest BCUT2D eigenvalue weighted by Crippen LogP contribution is 2.29. The summed E-state index contributed by atoms with van der Waals surface area (Å²) in [4.78, 5) is 16.1. The molecule has 1 aromatic heterocycles. The highest BCUT2D eigenvalue weighted by molar-refractivity contribution is 7.99. The second kappa shape index (κ2) is 8.40. The first kappa shape index (κ1) is 19.1. The maximum Gasteiger partial charge on any atom is 0.414 e. The molecular weight excluding hydrogens is 401 g/mol. The van der Waals surface area contributed by atoms with E-state index in [1.807, 2.05) is 16.7 Å². The van der Waals surface area contributed by atoms with Crippen molar-refractivity contribution in [3.8, 4) is 0 Å². The second-order valence-corrected chi connectivity index (χ2v) is 8.09. The van der Waals surface area contributed by atoms with E-state index in [4.69, 9.17) is 21.4 Å². The summed E-state index contributed by atoms with van der Waals surface area (Å²) < 4.78 is 25.2. The number of cyclic esters (lactones) is 1. The topological polar surface area (TPSA) is 58.0 Å². The predicted molar refractivity (Wildman–Crippen MR) is 111 cm³/mol. The molecule has 2 aliphatic heterocycles. The van der Waals surface area contributed by atoms with E-state index in [1.165, 1.54) is 17.2 Å². The number of nitrogens with one attached hydrogen (secondary N) is 1. The number of carbonyl (C=O) groups is 1. The Kier molecular flexibility index (Phi) is 5.72. The number of thioether (sulfide) groups is 1. The van der Waals surface area contributed by atoms with Crippen LogP contribution < -0.4 is 15.1 Å². The van der Waals surface area contributed by atoms with Crippen molar-refractivity contribution in [2.75, 3.05) is 47.5 Å². The fourth-order valence-electron chi connectivity index (χ4n) is 3.21. The Hall–Kier alpha value is -2.26. The minimum atomic E-state index is -0.496. The number of carbonyl (C=O) groups excluding carboxylic acids is 1. The van der Waals surface area contributed by atoms with Gasteiger partial charge >= 0.3 is 6.09 Å². The molecule has 3 heterocycles. The van der Waals surface area contributed by atoms with Crippen LogP contribution >= 0.6 is 24.0 Å². The summed E-state index contributed by atoms with van der Waals surface area (Å²) in [5.74, 6) is 2.09. The highest BCUT2D eigenvalue weighted by Gasteiger charge is 2.33. The van der Waals surface area contributed by atoms with Gasteiger partial charge in [0.2, 0.25) is 0 Å². The van der Waals surface area contributed by atoms with Crippen LogP contribution in [0.3, 0.4) is 0 Å². The van der Waals surface area contributed by atoms with Gasteiger partial charge in [0, 0.05) is 30.7 Å². The van der Waals surface area contributed by atoms with Gasteiger partial charge in [-0.1, -0.05) is 12.2 Å². The maximum absolute atomic E-state index is 14.7. The van der Waals surface area contributed by atoms with Crippen molar-refractivity contribution >= 4 is 46.4 Å². The summed E-state index contributed by atoms with van der Waals surface area (Å²) >= 11 is 7.08. The van der Waals surface area contributed by atoms with E-state index in [-0.39, 0.29) is 5.82 Å². The molecule has 1 aromatic carbocycles. The SMILES string of the molecule is O=C1O[C@@H](CNC(=S)c2[c]cco2)CN1c1ccc(N2CCSCC2)c(F)c1. The number of hydrogen-bond donors (Lipinski definition) is 1. The maximum atomic E-state index is 14.7. The third-order valence-electron chi connectivity index (χ3n) is 4.63. The van der Waals surface area contributed by atoms with Gasteiger partial charge < -0.3 is 19.4 Å². The Labute approximate surface area is 172 Å². The van der Waals surface area contributed by atoms with E-state index in [2.05, 4.69) is 11.4 Å². The lowest BCUT2D eigenvalue weighted by Crippen LogP contribution is -2.34. The van der Waals surface area contributed by atoms with Crippen molar-refractivity contribution in [3.05, 3.63) is 48.2 Å². The molecule has 0 bridgehead atoms. The van der Waals surface area contributed by atoms with Crippen LogP contribution in [0.15, 0.2) is 34.9 Å². The number of rotatable bonds is 5. The van der Waals surface area contributed by atoms with Crippen LogP contribution in [0.1, 0.15) is 5.76 Å². The fraction of sp³-hybridized carbons (Fsp3) is 0.368. The highest BCUT2D eigenvalue weighted by atomic mass is 32.2. The second-order valence-electron chi connectivity index (χ2n) is 6.46. The molecule has 4 rings (SSSR count). The Bertz CT molecular complexity index is 856. The number of halogens is 1. The van der Waals surface area contributed by atoms with Crippen LogP contribution in [0.5, 0.6) is 0 Å². The molecule has 1 amide bonds. The third-order valence-corrected chi connectivity index (χ3v) is 5.91. The molecule has 2 aromatic rings. The molecule has 147 valence electrons. The van der Waals surface area contributed by atoms with Crippen LogP contribution in [-0.4, -0.2) is 54.9 Å². The zero-order chi connectivity index (χ0) is 19.5. The third kappa shape index (κ3) is 4.10. The van der Waals surface area contributed by atoms with Crippen LogP contribution in [0.4, 0.5) is 20.6 Å². The normalized spacial score (nSPS) is 19.6. The van der Waals surface area contributed by atoms with E-state index in [0.717, 1.165) is 24.6 Å². The summed E-state index contributed by atoms with van der Waals surface area (Å²) in [6, 6.07) is 9.39. The first-order valence-corrected chi connectivity index (χ1v) is 10.5. The lowest BCUT2D eigenvalue weighted by Gasteiger charge is -2.29. The van der Waals surface area contributed by atoms with Crippen molar-refractivity contribution in [1.82, 2.24) is 5.32 Å². The van der Waals surface area contributed by atoms with Gasteiger partial charge in [-0.25, -0.2) is 9.18 Å². The first-order chi connectivity index (χ1) is 13.6. The Morgan fingerprint density at radius 1 is 1.39 bits per heavy atom. The van der Waals surface area contributed by atoms with Gasteiger partial charge in [0.05, 0.1) is 30.7 Å². The van der Waals surface area contributed by atoms with E-state index < -0.39 is 12.2 Å². The average molecular weight is 421 g/mol. The van der Waals surface area contributed by atoms with Gasteiger partial charge in [-0.3, -0.25) is 4.90 Å². The van der Waals surface area contributed by atoms with Gasteiger partial charge in [0.25, 0.3) is 0 Å². The summed E-state index contributed by atoms with van der Waals surface area (Å²) in [5.41, 5.74) is 1.07. The number of anilines is 2. The lowest BCUT2D eigenvalue weighted by molar-refractivity contribution is 0.143. The smallest absolute Gasteiger partial charge is 0.414 e. The van der Waals surface area contributed by atoms with Crippen molar-refractivity contribution in [2.45, 2.75) is 6.10 Å². The number of thiocarbonyl (C=S) groups is 1.